The molecule has 1 aromatic rings. The number of hydrogen-bond acceptors (Lipinski definition) is 4. The van der Waals surface area contributed by atoms with Crippen LogP contribution in [0, 0.1) is 0 Å². The average molecular weight is 184 g/mol. The van der Waals surface area contributed by atoms with Gasteiger partial charge in [0.2, 0.25) is 11.5 Å². The molecule has 0 saturated carbocycles. The largest absolute Gasteiger partial charge is 0.502 e. The van der Waals surface area contributed by atoms with Gasteiger partial charge in [0.15, 0.2) is 11.5 Å². The van der Waals surface area contributed by atoms with Gasteiger partial charge in [0.25, 0.3) is 0 Å². The fourth-order valence-electron chi connectivity index (χ4n) is 1.06. The lowest BCUT2D eigenvalue weighted by atomic mass is 10.2. The van der Waals surface area contributed by atoms with E-state index in [1.165, 1.54) is 21.3 Å². The molecule has 0 saturated heterocycles. The summed E-state index contributed by atoms with van der Waals surface area (Å²) in [7, 11) is 4.43. The van der Waals surface area contributed by atoms with Crippen LogP contribution in [-0.4, -0.2) is 26.4 Å². The minimum absolute atomic E-state index is 0.0515. The van der Waals surface area contributed by atoms with Gasteiger partial charge in [-0.05, 0) is 12.1 Å². The number of phenols is 1. The van der Waals surface area contributed by atoms with E-state index in [-0.39, 0.29) is 11.5 Å². The molecule has 0 aliphatic carbocycles. The first kappa shape index (κ1) is 9.51. The van der Waals surface area contributed by atoms with Crippen LogP contribution in [-0.2, 0) is 0 Å². The maximum absolute atomic E-state index is 9.57. The van der Waals surface area contributed by atoms with Gasteiger partial charge in [-0.15, -0.1) is 0 Å². The summed E-state index contributed by atoms with van der Waals surface area (Å²) in [6.45, 7) is 0. The molecule has 0 amide bonds. The molecule has 0 unspecified atom stereocenters. The summed E-state index contributed by atoms with van der Waals surface area (Å²) in [5.41, 5.74) is 0. The second-order valence-electron chi connectivity index (χ2n) is 2.35. The summed E-state index contributed by atoms with van der Waals surface area (Å²) >= 11 is 0. The molecule has 13 heavy (non-hydrogen) atoms. The van der Waals surface area contributed by atoms with Crippen LogP contribution in [0.3, 0.4) is 0 Å². The Morgan fingerprint density at radius 1 is 0.923 bits per heavy atom. The van der Waals surface area contributed by atoms with Crippen molar-refractivity contribution in [2.75, 3.05) is 21.3 Å². The Morgan fingerprint density at radius 2 is 1.46 bits per heavy atom. The second-order valence-corrected chi connectivity index (χ2v) is 2.35. The first-order valence-corrected chi connectivity index (χ1v) is 3.72. The van der Waals surface area contributed by atoms with Gasteiger partial charge in [0.1, 0.15) is 0 Å². The minimum Gasteiger partial charge on any atom is -0.502 e. The first-order chi connectivity index (χ1) is 6.24. The SMILES string of the molecule is COc1ccc(OC)c(OC)c1O. The number of aromatic hydroxyl groups is 1. The summed E-state index contributed by atoms with van der Waals surface area (Å²) in [4.78, 5) is 0. The van der Waals surface area contributed by atoms with Crippen molar-refractivity contribution in [1.82, 2.24) is 0 Å². The van der Waals surface area contributed by atoms with Gasteiger partial charge in [-0.1, -0.05) is 0 Å². The molecule has 0 heterocycles. The molecule has 4 heteroatoms. The number of hydrogen-bond donors (Lipinski definition) is 1. The predicted octanol–water partition coefficient (Wildman–Crippen LogP) is 1.42. The molecular weight excluding hydrogens is 172 g/mol. The van der Waals surface area contributed by atoms with Crippen molar-refractivity contribution in [2.45, 2.75) is 0 Å². The van der Waals surface area contributed by atoms with Crippen LogP contribution in [0.4, 0.5) is 0 Å². The van der Waals surface area contributed by atoms with Crippen LogP contribution >= 0.6 is 0 Å². The number of methoxy groups -OCH3 is 3. The monoisotopic (exact) mass is 184 g/mol. The smallest absolute Gasteiger partial charge is 0.207 e. The number of benzene rings is 1. The summed E-state index contributed by atoms with van der Waals surface area (Å²) in [6.07, 6.45) is 0. The molecule has 0 fully saturated rings. The maximum atomic E-state index is 9.57. The van der Waals surface area contributed by atoms with Gasteiger partial charge in [-0.25, -0.2) is 0 Å². The molecule has 0 aliphatic rings. The Bertz CT molecular complexity index is 296. The van der Waals surface area contributed by atoms with E-state index in [1.807, 2.05) is 0 Å². The van der Waals surface area contributed by atoms with E-state index in [9.17, 15) is 5.11 Å². The quantitative estimate of drug-likeness (QED) is 0.771. The molecule has 0 atom stereocenters. The van der Waals surface area contributed by atoms with Crippen molar-refractivity contribution >= 4 is 0 Å². The molecule has 0 aromatic heterocycles. The molecular formula is C9H12O4. The lowest BCUT2D eigenvalue weighted by Crippen LogP contribution is -1.92. The number of ether oxygens (including phenoxy) is 3. The van der Waals surface area contributed by atoms with Crippen LogP contribution < -0.4 is 14.2 Å². The fourth-order valence-corrected chi connectivity index (χ4v) is 1.06. The molecule has 4 nitrogen and oxygen atoms in total. The third kappa shape index (κ3) is 1.61. The zero-order valence-electron chi connectivity index (χ0n) is 7.83. The van der Waals surface area contributed by atoms with Gasteiger partial charge in [0, 0.05) is 0 Å². The molecule has 0 bridgehead atoms. The lowest BCUT2D eigenvalue weighted by Gasteiger charge is -2.11. The number of rotatable bonds is 3. The average Bonchev–Trinajstić information content (AvgIpc) is 2.17. The first-order valence-electron chi connectivity index (χ1n) is 3.72. The van der Waals surface area contributed by atoms with Gasteiger partial charge in [-0.3, -0.25) is 0 Å². The van der Waals surface area contributed by atoms with Crippen LogP contribution in [0.5, 0.6) is 23.0 Å². The fraction of sp³-hybridized carbons (Fsp3) is 0.333. The van der Waals surface area contributed by atoms with Crippen molar-refractivity contribution in [3.8, 4) is 23.0 Å². The molecule has 0 radical (unpaired) electrons. The zero-order chi connectivity index (χ0) is 9.84. The van der Waals surface area contributed by atoms with E-state index in [4.69, 9.17) is 14.2 Å². The predicted molar refractivity (Wildman–Crippen MR) is 47.8 cm³/mol. The minimum atomic E-state index is -0.0515. The zero-order valence-corrected chi connectivity index (χ0v) is 7.83. The summed E-state index contributed by atoms with van der Waals surface area (Å²) in [6, 6.07) is 3.27. The molecule has 0 aliphatic heterocycles. The molecule has 1 rings (SSSR count). The van der Waals surface area contributed by atoms with Crippen LogP contribution in [0.15, 0.2) is 12.1 Å². The second kappa shape index (κ2) is 3.89. The highest BCUT2D eigenvalue weighted by Crippen LogP contribution is 2.42. The van der Waals surface area contributed by atoms with Gasteiger partial charge in [-0.2, -0.15) is 0 Å². The summed E-state index contributed by atoms with van der Waals surface area (Å²) in [5.74, 6) is 1.06. The Morgan fingerprint density at radius 3 is 1.92 bits per heavy atom. The van der Waals surface area contributed by atoms with Crippen molar-refractivity contribution in [3.63, 3.8) is 0 Å². The van der Waals surface area contributed by atoms with E-state index < -0.39 is 0 Å². The summed E-state index contributed by atoms with van der Waals surface area (Å²) in [5, 5.41) is 9.57. The lowest BCUT2D eigenvalue weighted by molar-refractivity contribution is 0.316. The van der Waals surface area contributed by atoms with E-state index in [0.717, 1.165) is 0 Å². The Hall–Kier alpha value is -1.58. The van der Waals surface area contributed by atoms with E-state index in [2.05, 4.69) is 0 Å². The third-order valence-corrected chi connectivity index (χ3v) is 1.70. The van der Waals surface area contributed by atoms with E-state index >= 15 is 0 Å². The normalized spacial score (nSPS) is 9.46. The topological polar surface area (TPSA) is 47.9 Å². The van der Waals surface area contributed by atoms with Crippen molar-refractivity contribution in [1.29, 1.82) is 0 Å². The standard InChI is InChI=1S/C9H12O4/c1-11-6-4-5-7(12-2)9(13-3)8(6)10/h4-5,10H,1-3H3. The van der Waals surface area contributed by atoms with Gasteiger partial charge >= 0.3 is 0 Å². The van der Waals surface area contributed by atoms with E-state index in [1.54, 1.807) is 12.1 Å². The van der Waals surface area contributed by atoms with E-state index in [0.29, 0.717) is 11.5 Å². The molecule has 1 N–H and O–H groups in total. The number of phenolic OH excluding ortho intramolecular Hbond substituents is 1. The van der Waals surface area contributed by atoms with Gasteiger partial charge < -0.3 is 19.3 Å². The Kier molecular flexibility index (Phi) is 2.84. The third-order valence-electron chi connectivity index (χ3n) is 1.70. The van der Waals surface area contributed by atoms with Crippen LogP contribution in [0.2, 0.25) is 0 Å². The highest BCUT2D eigenvalue weighted by Gasteiger charge is 2.13. The van der Waals surface area contributed by atoms with Crippen molar-refractivity contribution < 1.29 is 19.3 Å². The maximum Gasteiger partial charge on any atom is 0.207 e. The van der Waals surface area contributed by atoms with Crippen LogP contribution in [0.1, 0.15) is 0 Å². The van der Waals surface area contributed by atoms with Crippen molar-refractivity contribution in [3.05, 3.63) is 12.1 Å². The highest BCUT2D eigenvalue weighted by atomic mass is 16.5. The van der Waals surface area contributed by atoms with Gasteiger partial charge in [0.05, 0.1) is 21.3 Å². The van der Waals surface area contributed by atoms with Crippen LogP contribution in [0.25, 0.3) is 0 Å². The summed E-state index contributed by atoms with van der Waals surface area (Å²) < 4.78 is 14.8. The Balaban J connectivity index is 3.23. The molecule has 0 spiro atoms. The highest BCUT2D eigenvalue weighted by molar-refractivity contribution is 5.57. The molecule has 1 aromatic carbocycles. The molecule has 72 valence electrons. The Labute approximate surface area is 76.7 Å². The van der Waals surface area contributed by atoms with Crippen molar-refractivity contribution in [2.24, 2.45) is 0 Å².